The Labute approximate surface area is 119 Å². The van der Waals surface area contributed by atoms with Crippen molar-refractivity contribution in [2.24, 2.45) is 5.73 Å². The van der Waals surface area contributed by atoms with Crippen molar-refractivity contribution in [2.75, 3.05) is 6.54 Å². The fraction of sp³-hybridized carbons (Fsp3) is 0.533. The van der Waals surface area contributed by atoms with Gasteiger partial charge >= 0.3 is 0 Å². The minimum atomic E-state index is 0.138. The zero-order valence-corrected chi connectivity index (χ0v) is 12.3. The summed E-state index contributed by atoms with van der Waals surface area (Å²) in [5.74, 6) is 5.95. The summed E-state index contributed by atoms with van der Waals surface area (Å²) in [5, 5.41) is 2.94. The molecule has 0 saturated carbocycles. The lowest BCUT2D eigenvalue weighted by atomic mass is 10.1. The van der Waals surface area contributed by atoms with Gasteiger partial charge in [0.1, 0.15) is 0 Å². The van der Waals surface area contributed by atoms with E-state index in [0.717, 1.165) is 22.6 Å². The molecule has 104 valence electrons. The van der Waals surface area contributed by atoms with Crippen molar-refractivity contribution in [2.45, 2.75) is 45.6 Å². The van der Waals surface area contributed by atoms with E-state index in [1.165, 1.54) is 12.8 Å². The van der Waals surface area contributed by atoms with Crippen molar-refractivity contribution >= 4 is 17.2 Å². The zero-order chi connectivity index (χ0) is 13.9. The van der Waals surface area contributed by atoms with Crippen LogP contribution >= 0.6 is 11.3 Å². The first kappa shape index (κ1) is 15.7. The smallest absolute Gasteiger partial charge is 0.220 e. The van der Waals surface area contributed by atoms with E-state index in [4.69, 9.17) is 5.73 Å². The second-order valence-corrected chi connectivity index (χ2v) is 5.53. The van der Waals surface area contributed by atoms with Crippen LogP contribution in [0.5, 0.6) is 0 Å². The van der Waals surface area contributed by atoms with E-state index in [0.29, 0.717) is 19.5 Å². The highest BCUT2D eigenvalue weighted by molar-refractivity contribution is 7.12. The summed E-state index contributed by atoms with van der Waals surface area (Å²) in [7, 11) is 0. The van der Waals surface area contributed by atoms with Crippen molar-refractivity contribution < 1.29 is 4.79 Å². The van der Waals surface area contributed by atoms with Crippen LogP contribution in [0, 0.1) is 11.8 Å². The molecule has 0 unspecified atom stereocenters. The normalized spacial score (nSPS) is 9.79. The summed E-state index contributed by atoms with van der Waals surface area (Å²) >= 11 is 1.60. The van der Waals surface area contributed by atoms with E-state index in [-0.39, 0.29) is 5.91 Å². The molecule has 0 atom stereocenters. The van der Waals surface area contributed by atoms with Gasteiger partial charge < -0.3 is 11.1 Å². The lowest BCUT2D eigenvalue weighted by Gasteiger charge is -2.03. The number of nitrogens with two attached hydrogens (primary N) is 1. The summed E-state index contributed by atoms with van der Waals surface area (Å²) < 4.78 is 0. The predicted octanol–water partition coefficient (Wildman–Crippen LogP) is 2.64. The van der Waals surface area contributed by atoms with E-state index < -0.39 is 0 Å². The Balaban J connectivity index is 2.24. The number of carbonyl (C=O) groups is 1. The van der Waals surface area contributed by atoms with E-state index in [2.05, 4.69) is 24.1 Å². The van der Waals surface area contributed by atoms with E-state index in [1.807, 2.05) is 12.1 Å². The van der Waals surface area contributed by atoms with Crippen LogP contribution in [0.1, 0.15) is 48.8 Å². The van der Waals surface area contributed by atoms with Crippen molar-refractivity contribution in [3.05, 3.63) is 21.9 Å². The van der Waals surface area contributed by atoms with Crippen LogP contribution in [0.4, 0.5) is 0 Å². The van der Waals surface area contributed by atoms with Gasteiger partial charge in [-0.1, -0.05) is 38.0 Å². The van der Waals surface area contributed by atoms with Crippen molar-refractivity contribution in [3.8, 4) is 11.8 Å². The van der Waals surface area contributed by atoms with Crippen LogP contribution in [-0.2, 0) is 11.3 Å². The van der Waals surface area contributed by atoms with Gasteiger partial charge in [-0.05, 0) is 18.6 Å². The summed E-state index contributed by atoms with van der Waals surface area (Å²) in [6.45, 7) is 3.14. The Hall–Kier alpha value is -1.31. The van der Waals surface area contributed by atoms with Crippen LogP contribution in [0.25, 0.3) is 0 Å². The van der Waals surface area contributed by atoms with Gasteiger partial charge in [-0.25, -0.2) is 0 Å². The summed E-state index contributed by atoms with van der Waals surface area (Å²) in [5.41, 5.74) is 5.32. The molecule has 0 aliphatic heterocycles. The first-order valence-corrected chi connectivity index (χ1v) is 7.62. The summed E-state index contributed by atoms with van der Waals surface area (Å²) in [6.07, 6.45) is 5.16. The Morgan fingerprint density at radius 1 is 1.37 bits per heavy atom. The first-order valence-electron chi connectivity index (χ1n) is 6.80. The standard InChI is InChI=1S/C15H22N2OS/c1-2-3-4-5-8-15(18)17-12-14-10-9-13(19-14)7-6-11-16/h9-10H,2-5,8,11-12,16H2,1H3,(H,17,18). The lowest BCUT2D eigenvalue weighted by molar-refractivity contribution is -0.121. The maximum absolute atomic E-state index is 11.6. The Morgan fingerprint density at radius 3 is 2.95 bits per heavy atom. The average molecular weight is 278 g/mol. The third kappa shape index (κ3) is 7.00. The highest BCUT2D eigenvalue weighted by atomic mass is 32.1. The van der Waals surface area contributed by atoms with E-state index >= 15 is 0 Å². The predicted molar refractivity (Wildman–Crippen MR) is 80.9 cm³/mol. The maximum Gasteiger partial charge on any atom is 0.220 e. The van der Waals surface area contributed by atoms with Crippen LogP contribution in [0.15, 0.2) is 12.1 Å². The van der Waals surface area contributed by atoms with Gasteiger partial charge in [0.15, 0.2) is 0 Å². The maximum atomic E-state index is 11.6. The van der Waals surface area contributed by atoms with Gasteiger partial charge in [-0.15, -0.1) is 11.3 Å². The van der Waals surface area contributed by atoms with Crippen molar-refractivity contribution in [1.82, 2.24) is 5.32 Å². The molecule has 0 bridgehead atoms. The molecule has 3 nitrogen and oxygen atoms in total. The third-order valence-electron chi connectivity index (χ3n) is 2.69. The molecule has 1 heterocycles. The average Bonchev–Trinajstić information content (AvgIpc) is 2.87. The second-order valence-electron chi connectivity index (χ2n) is 4.36. The molecule has 3 N–H and O–H groups in total. The lowest BCUT2D eigenvalue weighted by Crippen LogP contribution is -2.21. The van der Waals surface area contributed by atoms with E-state index in [1.54, 1.807) is 11.3 Å². The summed E-state index contributed by atoms with van der Waals surface area (Å²) in [6, 6.07) is 3.97. The molecule has 1 rings (SSSR count). The minimum absolute atomic E-state index is 0.138. The molecule has 0 aromatic carbocycles. The Bertz CT molecular complexity index is 442. The highest BCUT2D eigenvalue weighted by Crippen LogP contribution is 2.15. The Morgan fingerprint density at radius 2 is 2.21 bits per heavy atom. The van der Waals surface area contributed by atoms with Gasteiger partial charge in [0.25, 0.3) is 0 Å². The number of carbonyl (C=O) groups excluding carboxylic acids is 1. The zero-order valence-electron chi connectivity index (χ0n) is 11.5. The molecular weight excluding hydrogens is 256 g/mol. The molecule has 0 saturated heterocycles. The first-order chi connectivity index (χ1) is 9.26. The topological polar surface area (TPSA) is 55.1 Å². The second kappa shape index (κ2) is 9.60. The molecule has 4 heteroatoms. The number of hydrogen-bond acceptors (Lipinski definition) is 3. The molecule has 1 amide bonds. The molecule has 0 spiro atoms. The van der Waals surface area contributed by atoms with Crippen LogP contribution in [0.3, 0.4) is 0 Å². The minimum Gasteiger partial charge on any atom is -0.351 e. The largest absolute Gasteiger partial charge is 0.351 e. The number of amides is 1. The van der Waals surface area contributed by atoms with Crippen LogP contribution in [0.2, 0.25) is 0 Å². The number of nitrogens with one attached hydrogen (secondary N) is 1. The van der Waals surface area contributed by atoms with Crippen LogP contribution < -0.4 is 11.1 Å². The quantitative estimate of drug-likeness (QED) is 0.595. The Kier molecular flexibility index (Phi) is 7.95. The van der Waals surface area contributed by atoms with Crippen molar-refractivity contribution in [1.29, 1.82) is 0 Å². The molecule has 0 aliphatic rings. The van der Waals surface area contributed by atoms with Crippen LogP contribution in [-0.4, -0.2) is 12.5 Å². The van der Waals surface area contributed by atoms with Crippen molar-refractivity contribution in [3.63, 3.8) is 0 Å². The molecule has 0 fully saturated rings. The number of thiophene rings is 1. The van der Waals surface area contributed by atoms with Gasteiger partial charge in [0.05, 0.1) is 18.0 Å². The summed E-state index contributed by atoms with van der Waals surface area (Å²) in [4.78, 5) is 13.7. The SMILES string of the molecule is CCCCCCC(=O)NCc1ccc(C#CCN)s1. The molecule has 0 aliphatic carbocycles. The van der Waals surface area contributed by atoms with Gasteiger partial charge in [0.2, 0.25) is 5.91 Å². The number of hydrogen-bond donors (Lipinski definition) is 2. The fourth-order valence-corrected chi connectivity index (χ4v) is 2.49. The molecule has 1 aromatic rings. The monoisotopic (exact) mass is 278 g/mol. The van der Waals surface area contributed by atoms with E-state index in [9.17, 15) is 4.79 Å². The number of unbranched alkanes of at least 4 members (excludes halogenated alkanes) is 3. The molecule has 0 radical (unpaired) electrons. The third-order valence-corrected chi connectivity index (χ3v) is 3.69. The highest BCUT2D eigenvalue weighted by Gasteiger charge is 2.02. The van der Waals surface area contributed by atoms with Gasteiger partial charge in [-0.2, -0.15) is 0 Å². The molecule has 1 aromatic heterocycles. The molecular formula is C15H22N2OS. The van der Waals surface area contributed by atoms with Gasteiger partial charge in [0, 0.05) is 11.3 Å². The van der Waals surface area contributed by atoms with Gasteiger partial charge in [-0.3, -0.25) is 4.79 Å². The number of rotatable bonds is 7. The fourth-order valence-electron chi connectivity index (χ4n) is 1.66. The molecule has 19 heavy (non-hydrogen) atoms.